The molecular weight excluding hydrogens is 220 g/mol. The highest BCUT2D eigenvalue weighted by atomic mass is 32.2. The Kier molecular flexibility index (Phi) is 5.39. The van der Waals surface area contributed by atoms with Gasteiger partial charge in [-0.05, 0) is 24.1 Å². The summed E-state index contributed by atoms with van der Waals surface area (Å²) in [4.78, 5) is 11.8. The van der Waals surface area contributed by atoms with Crippen molar-refractivity contribution in [3.05, 3.63) is 29.8 Å². The average Bonchev–Trinajstić information content (AvgIpc) is 2.31. The Labute approximate surface area is 101 Å². The number of hydrogen-bond acceptors (Lipinski definition) is 2. The molecule has 0 aromatic heterocycles. The van der Waals surface area contributed by atoms with Crippen LogP contribution in [-0.2, 0) is 0 Å². The molecule has 0 bridgehead atoms. The zero-order chi connectivity index (χ0) is 12.0. The van der Waals surface area contributed by atoms with Gasteiger partial charge in [-0.25, -0.2) is 4.79 Å². The molecular formula is C13H18O2S. The number of hydrogen-bond donors (Lipinski definition) is 1. The Morgan fingerprint density at radius 1 is 1.38 bits per heavy atom. The SMILES string of the molecule is CCC(CC)CSc1cccc(C(=O)O)c1. The first-order valence-electron chi connectivity index (χ1n) is 5.63. The molecule has 0 amide bonds. The topological polar surface area (TPSA) is 37.3 Å². The Morgan fingerprint density at radius 3 is 2.62 bits per heavy atom. The van der Waals surface area contributed by atoms with Gasteiger partial charge in [0.1, 0.15) is 0 Å². The Balaban J connectivity index is 2.60. The molecule has 0 aliphatic heterocycles. The van der Waals surface area contributed by atoms with Gasteiger partial charge in [0, 0.05) is 10.6 Å². The molecule has 1 aromatic carbocycles. The van der Waals surface area contributed by atoms with Crippen LogP contribution in [-0.4, -0.2) is 16.8 Å². The molecule has 1 N–H and O–H groups in total. The van der Waals surface area contributed by atoms with E-state index in [9.17, 15) is 4.79 Å². The molecule has 1 aromatic rings. The molecule has 0 aliphatic carbocycles. The van der Waals surface area contributed by atoms with Crippen molar-refractivity contribution in [3.8, 4) is 0 Å². The lowest BCUT2D eigenvalue weighted by Gasteiger charge is -2.11. The van der Waals surface area contributed by atoms with Gasteiger partial charge in [-0.2, -0.15) is 0 Å². The van der Waals surface area contributed by atoms with Crippen LogP contribution in [0.2, 0.25) is 0 Å². The normalized spacial score (nSPS) is 10.7. The molecule has 16 heavy (non-hydrogen) atoms. The van der Waals surface area contributed by atoms with Crippen LogP contribution in [0.15, 0.2) is 29.2 Å². The lowest BCUT2D eigenvalue weighted by atomic mass is 10.1. The molecule has 2 nitrogen and oxygen atoms in total. The lowest BCUT2D eigenvalue weighted by molar-refractivity contribution is 0.0696. The summed E-state index contributed by atoms with van der Waals surface area (Å²) in [5, 5.41) is 8.87. The van der Waals surface area contributed by atoms with Crippen molar-refractivity contribution in [2.45, 2.75) is 31.6 Å². The molecule has 3 heteroatoms. The third kappa shape index (κ3) is 3.89. The number of carboxylic acid groups (broad SMARTS) is 1. The smallest absolute Gasteiger partial charge is 0.335 e. The molecule has 0 heterocycles. The van der Waals surface area contributed by atoms with Gasteiger partial charge >= 0.3 is 5.97 Å². The molecule has 0 saturated carbocycles. The van der Waals surface area contributed by atoms with E-state index in [0.29, 0.717) is 5.56 Å². The van der Waals surface area contributed by atoms with Crippen molar-refractivity contribution >= 4 is 17.7 Å². The number of rotatable bonds is 6. The number of carbonyl (C=O) groups is 1. The second kappa shape index (κ2) is 6.59. The van der Waals surface area contributed by atoms with Crippen LogP contribution in [0.4, 0.5) is 0 Å². The number of aromatic carboxylic acids is 1. The van der Waals surface area contributed by atoms with E-state index in [4.69, 9.17) is 5.11 Å². The molecule has 0 saturated heterocycles. The maximum atomic E-state index is 10.8. The van der Waals surface area contributed by atoms with Crippen molar-refractivity contribution in [2.75, 3.05) is 5.75 Å². The van der Waals surface area contributed by atoms with Crippen LogP contribution in [0.3, 0.4) is 0 Å². The van der Waals surface area contributed by atoms with Crippen molar-refractivity contribution in [2.24, 2.45) is 5.92 Å². The van der Waals surface area contributed by atoms with Gasteiger partial charge in [-0.3, -0.25) is 0 Å². The fourth-order valence-electron chi connectivity index (χ4n) is 1.46. The van der Waals surface area contributed by atoms with E-state index in [0.717, 1.165) is 16.6 Å². The van der Waals surface area contributed by atoms with E-state index < -0.39 is 5.97 Å². The third-order valence-electron chi connectivity index (χ3n) is 2.72. The maximum absolute atomic E-state index is 10.8. The highest BCUT2D eigenvalue weighted by Gasteiger charge is 2.06. The van der Waals surface area contributed by atoms with Crippen LogP contribution in [0.1, 0.15) is 37.0 Å². The largest absolute Gasteiger partial charge is 0.478 e. The molecule has 1 rings (SSSR count). The van der Waals surface area contributed by atoms with E-state index >= 15 is 0 Å². The van der Waals surface area contributed by atoms with Crippen molar-refractivity contribution in [1.29, 1.82) is 0 Å². The van der Waals surface area contributed by atoms with E-state index in [1.165, 1.54) is 12.8 Å². The summed E-state index contributed by atoms with van der Waals surface area (Å²) in [7, 11) is 0. The molecule has 0 spiro atoms. The van der Waals surface area contributed by atoms with Crippen LogP contribution >= 0.6 is 11.8 Å². The molecule has 0 radical (unpaired) electrons. The molecule has 88 valence electrons. The van der Waals surface area contributed by atoms with E-state index in [1.807, 2.05) is 6.07 Å². The van der Waals surface area contributed by atoms with Crippen LogP contribution < -0.4 is 0 Å². The minimum atomic E-state index is -0.856. The second-order valence-corrected chi connectivity index (χ2v) is 4.92. The number of carboxylic acids is 1. The summed E-state index contributed by atoms with van der Waals surface area (Å²) >= 11 is 1.75. The van der Waals surface area contributed by atoms with Gasteiger partial charge in [0.25, 0.3) is 0 Å². The molecule has 0 aliphatic rings. The molecule has 0 atom stereocenters. The van der Waals surface area contributed by atoms with Crippen LogP contribution in [0.5, 0.6) is 0 Å². The number of benzene rings is 1. The lowest BCUT2D eigenvalue weighted by Crippen LogP contribution is -2.00. The minimum Gasteiger partial charge on any atom is -0.478 e. The van der Waals surface area contributed by atoms with Gasteiger partial charge in [0.15, 0.2) is 0 Å². The van der Waals surface area contributed by atoms with Crippen molar-refractivity contribution < 1.29 is 9.90 Å². The quantitative estimate of drug-likeness (QED) is 0.763. The monoisotopic (exact) mass is 238 g/mol. The van der Waals surface area contributed by atoms with Crippen LogP contribution in [0, 0.1) is 5.92 Å². The van der Waals surface area contributed by atoms with E-state index in [2.05, 4.69) is 13.8 Å². The zero-order valence-electron chi connectivity index (χ0n) is 9.77. The van der Waals surface area contributed by atoms with Crippen LogP contribution in [0.25, 0.3) is 0 Å². The first-order valence-corrected chi connectivity index (χ1v) is 6.62. The van der Waals surface area contributed by atoms with Gasteiger partial charge in [0.05, 0.1) is 5.56 Å². The summed E-state index contributed by atoms with van der Waals surface area (Å²) in [5.74, 6) is 0.930. The first kappa shape index (κ1) is 13.1. The highest BCUT2D eigenvalue weighted by Crippen LogP contribution is 2.24. The molecule has 0 fully saturated rings. The third-order valence-corrected chi connectivity index (χ3v) is 3.95. The predicted molar refractivity (Wildman–Crippen MR) is 68.2 cm³/mol. The minimum absolute atomic E-state index is 0.370. The Bertz CT molecular complexity index is 346. The van der Waals surface area contributed by atoms with Gasteiger partial charge in [0.2, 0.25) is 0 Å². The fraction of sp³-hybridized carbons (Fsp3) is 0.462. The molecule has 0 unspecified atom stereocenters. The summed E-state index contributed by atoms with van der Waals surface area (Å²) in [5.41, 5.74) is 0.370. The second-order valence-electron chi connectivity index (χ2n) is 3.83. The predicted octanol–water partition coefficient (Wildman–Crippen LogP) is 3.91. The van der Waals surface area contributed by atoms with Gasteiger partial charge in [-0.1, -0.05) is 32.8 Å². The number of thioether (sulfide) groups is 1. The van der Waals surface area contributed by atoms with Crippen molar-refractivity contribution in [3.63, 3.8) is 0 Å². The van der Waals surface area contributed by atoms with E-state index in [-0.39, 0.29) is 0 Å². The Hall–Kier alpha value is -0.960. The van der Waals surface area contributed by atoms with Gasteiger partial charge < -0.3 is 5.11 Å². The average molecular weight is 238 g/mol. The maximum Gasteiger partial charge on any atom is 0.335 e. The zero-order valence-corrected chi connectivity index (χ0v) is 10.6. The standard InChI is InChI=1S/C13H18O2S/c1-3-10(4-2)9-16-12-7-5-6-11(8-12)13(14)15/h5-8,10H,3-4,9H2,1-2H3,(H,14,15). The first-order chi connectivity index (χ1) is 7.67. The summed E-state index contributed by atoms with van der Waals surface area (Å²) in [6.45, 7) is 4.39. The summed E-state index contributed by atoms with van der Waals surface area (Å²) in [6.07, 6.45) is 2.37. The van der Waals surface area contributed by atoms with Gasteiger partial charge in [-0.15, -0.1) is 11.8 Å². The fourth-order valence-corrected chi connectivity index (χ4v) is 2.74. The summed E-state index contributed by atoms with van der Waals surface area (Å²) in [6, 6.07) is 7.15. The summed E-state index contributed by atoms with van der Waals surface area (Å²) < 4.78 is 0. The Morgan fingerprint density at radius 2 is 2.06 bits per heavy atom. The van der Waals surface area contributed by atoms with Crippen molar-refractivity contribution in [1.82, 2.24) is 0 Å². The van der Waals surface area contributed by atoms with E-state index in [1.54, 1.807) is 30.0 Å². The highest BCUT2D eigenvalue weighted by molar-refractivity contribution is 7.99.